The number of carbonyl (C=O) groups is 2. The molecule has 0 saturated carbocycles. The molecule has 0 aliphatic carbocycles. The van der Waals surface area contributed by atoms with E-state index in [4.69, 9.17) is 4.84 Å². The van der Waals surface area contributed by atoms with Crippen LogP contribution in [0.5, 0.6) is 0 Å². The third kappa shape index (κ3) is 3.27. The zero-order chi connectivity index (χ0) is 21.7. The fourth-order valence-corrected chi connectivity index (χ4v) is 4.95. The summed E-state index contributed by atoms with van der Waals surface area (Å²) in [6.45, 7) is 3.91. The summed E-state index contributed by atoms with van der Waals surface area (Å²) in [5.74, 6) is -1.19. The molecule has 5 nitrogen and oxygen atoms in total. The predicted molar refractivity (Wildman–Crippen MR) is 123 cm³/mol. The van der Waals surface area contributed by atoms with Gasteiger partial charge in [-0.1, -0.05) is 64.0 Å². The SMILES string of the molecule is Cc1ccc(N2C(=O)[C@H]3[C@@H](c4cccc(Br)c4)N(c4ccccc4)O[C@H]3C2=O)c(C)c1. The van der Waals surface area contributed by atoms with Gasteiger partial charge in [0.15, 0.2) is 6.10 Å². The lowest BCUT2D eigenvalue weighted by atomic mass is 9.90. The second kappa shape index (κ2) is 7.62. The molecule has 5 rings (SSSR count). The molecule has 2 heterocycles. The minimum Gasteiger partial charge on any atom is -0.273 e. The van der Waals surface area contributed by atoms with Crippen LogP contribution < -0.4 is 9.96 Å². The maximum absolute atomic E-state index is 13.7. The molecule has 0 radical (unpaired) electrons. The Hall–Kier alpha value is -2.96. The van der Waals surface area contributed by atoms with Gasteiger partial charge in [-0.3, -0.25) is 14.4 Å². The van der Waals surface area contributed by atoms with E-state index in [-0.39, 0.29) is 11.8 Å². The van der Waals surface area contributed by atoms with Gasteiger partial charge < -0.3 is 0 Å². The van der Waals surface area contributed by atoms with E-state index in [2.05, 4.69) is 15.9 Å². The molecular formula is C25H21BrN2O3. The molecule has 0 unspecified atom stereocenters. The smallest absolute Gasteiger partial charge is 0.266 e. The number of aryl methyl sites for hydroxylation is 2. The molecule has 2 saturated heterocycles. The lowest BCUT2D eigenvalue weighted by molar-refractivity contribution is -0.126. The molecule has 0 aromatic heterocycles. The van der Waals surface area contributed by atoms with E-state index in [0.29, 0.717) is 5.69 Å². The van der Waals surface area contributed by atoms with Gasteiger partial charge in [-0.05, 0) is 55.3 Å². The molecule has 6 heteroatoms. The Bertz CT molecular complexity index is 1180. The van der Waals surface area contributed by atoms with Gasteiger partial charge >= 0.3 is 0 Å². The molecule has 2 aliphatic heterocycles. The van der Waals surface area contributed by atoms with E-state index in [1.165, 1.54) is 4.90 Å². The second-order valence-corrected chi connectivity index (χ2v) is 8.93. The Morgan fingerprint density at radius 1 is 0.871 bits per heavy atom. The highest BCUT2D eigenvalue weighted by Gasteiger charge is 2.60. The van der Waals surface area contributed by atoms with Crippen LogP contribution in [0.4, 0.5) is 11.4 Å². The van der Waals surface area contributed by atoms with Gasteiger partial charge in [0, 0.05) is 4.47 Å². The summed E-state index contributed by atoms with van der Waals surface area (Å²) in [6.07, 6.45) is -0.864. The maximum Gasteiger partial charge on any atom is 0.266 e. The fourth-order valence-electron chi connectivity index (χ4n) is 4.54. The van der Waals surface area contributed by atoms with Crippen LogP contribution in [0.15, 0.2) is 77.3 Å². The van der Waals surface area contributed by atoms with Crippen molar-refractivity contribution in [1.82, 2.24) is 0 Å². The first-order chi connectivity index (χ1) is 15.0. The summed E-state index contributed by atoms with van der Waals surface area (Å²) in [5.41, 5.74) is 4.31. The number of anilines is 2. The standard InChI is InChI=1S/C25H21BrN2O3/c1-15-11-12-20(16(2)13-15)27-24(29)21-22(17-7-6-8-18(26)14-17)28(31-23(21)25(27)30)19-9-4-3-5-10-19/h3-14,21-23H,1-2H3/t21-,22+,23+/m0/s1. The summed E-state index contributed by atoms with van der Waals surface area (Å²) < 4.78 is 0.907. The molecule has 3 atom stereocenters. The molecule has 2 fully saturated rings. The van der Waals surface area contributed by atoms with E-state index < -0.39 is 18.1 Å². The van der Waals surface area contributed by atoms with Crippen molar-refractivity contribution in [2.45, 2.75) is 26.0 Å². The van der Waals surface area contributed by atoms with Gasteiger partial charge in [0.2, 0.25) is 5.91 Å². The van der Waals surface area contributed by atoms with E-state index in [1.807, 2.05) is 86.6 Å². The minimum absolute atomic E-state index is 0.231. The lowest BCUT2D eigenvalue weighted by Crippen LogP contribution is -2.37. The van der Waals surface area contributed by atoms with Crippen LogP contribution in [0, 0.1) is 19.8 Å². The van der Waals surface area contributed by atoms with Crippen LogP contribution >= 0.6 is 15.9 Å². The van der Waals surface area contributed by atoms with E-state index >= 15 is 0 Å². The first-order valence-electron chi connectivity index (χ1n) is 10.2. The predicted octanol–water partition coefficient (Wildman–Crippen LogP) is 5.12. The largest absolute Gasteiger partial charge is 0.273 e. The fraction of sp³-hybridized carbons (Fsp3) is 0.200. The minimum atomic E-state index is -0.864. The molecule has 0 spiro atoms. The molecule has 0 N–H and O–H groups in total. The Balaban J connectivity index is 1.60. The number of imide groups is 1. The molecule has 2 amide bonds. The molecule has 2 aliphatic rings. The first-order valence-corrected chi connectivity index (χ1v) is 11.0. The Kier molecular flexibility index (Phi) is 4.91. The monoisotopic (exact) mass is 476 g/mol. The van der Waals surface area contributed by atoms with Crippen molar-refractivity contribution in [1.29, 1.82) is 0 Å². The summed E-state index contributed by atoms with van der Waals surface area (Å²) in [6, 6.07) is 22.7. The lowest BCUT2D eigenvalue weighted by Gasteiger charge is -2.29. The highest BCUT2D eigenvalue weighted by atomic mass is 79.9. The topological polar surface area (TPSA) is 49.9 Å². The van der Waals surface area contributed by atoms with Crippen molar-refractivity contribution >= 4 is 39.1 Å². The number of amides is 2. The zero-order valence-electron chi connectivity index (χ0n) is 17.2. The number of hydroxylamine groups is 1. The molecule has 156 valence electrons. The number of rotatable bonds is 3. The second-order valence-electron chi connectivity index (χ2n) is 8.01. The average Bonchev–Trinajstić information content (AvgIpc) is 3.26. The van der Waals surface area contributed by atoms with Crippen LogP contribution in [0.25, 0.3) is 0 Å². The number of para-hydroxylation sites is 1. The van der Waals surface area contributed by atoms with Crippen LogP contribution in [0.3, 0.4) is 0 Å². The number of carbonyl (C=O) groups excluding carboxylic acids is 2. The molecule has 31 heavy (non-hydrogen) atoms. The summed E-state index contributed by atoms with van der Waals surface area (Å²) in [7, 11) is 0. The van der Waals surface area contributed by atoms with E-state index in [9.17, 15) is 9.59 Å². The van der Waals surface area contributed by atoms with Crippen LogP contribution in [-0.4, -0.2) is 17.9 Å². The Morgan fingerprint density at radius 2 is 1.65 bits per heavy atom. The third-order valence-corrected chi connectivity index (χ3v) is 6.40. The molecule has 3 aromatic carbocycles. The number of benzene rings is 3. The number of hydrogen-bond acceptors (Lipinski definition) is 4. The number of fused-ring (bicyclic) bond motifs is 1. The highest BCUT2D eigenvalue weighted by molar-refractivity contribution is 9.10. The van der Waals surface area contributed by atoms with Crippen molar-refractivity contribution in [3.8, 4) is 0 Å². The van der Waals surface area contributed by atoms with Gasteiger partial charge in [0.1, 0.15) is 5.92 Å². The van der Waals surface area contributed by atoms with Crippen LogP contribution in [-0.2, 0) is 14.4 Å². The first kappa shape index (κ1) is 20.0. The summed E-state index contributed by atoms with van der Waals surface area (Å²) in [5, 5.41) is 1.71. The van der Waals surface area contributed by atoms with Crippen molar-refractivity contribution in [2.24, 2.45) is 5.92 Å². The van der Waals surface area contributed by atoms with Crippen molar-refractivity contribution in [2.75, 3.05) is 9.96 Å². The maximum atomic E-state index is 13.7. The third-order valence-electron chi connectivity index (χ3n) is 5.91. The zero-order valence-corrected chi connectivity index (χ0v) is 18.7. The number of halogens is 1. The van der Waals surface area contributed by atoms with Crippen molar-refractivity contribution in [3.05, 3.63) is 94.0 Å². The van der Waals surface area contributed by atoms with E-state index in [0.717, 1.165) is 26.9 Å². The highest BCUT2D eigenvalue weighted by Crippen LogP contribution is 2.48. The van der Waals surface area contributed by atoms with Gasteiger partial charge in [-0.2, -0.15) is 0 Å². The molecular weight excluding hydrogens is 456 g/mol. The summed E-state index contributed by atoms with van der Waals surface area (Å²) in [4.78, 5) is 34.6. The number of nitrogens with zero attached hydrogens (tertiary/aromatic N) is 2. The molecule has 3 aromatic rings. The van der Waals surface area contributed by atoms with Crippen LogP contribution in [0.1, 0.15) is 22.7 Å². The van der Waals surface area contributed by atoms with Gasteiger partial charge in [-0.25, -0.2) is 9.96 Å². The Labute approximate surface area is 189 Å². The van der Waals surface area contributed by atoms with Crippen LogP contribution in [0.2, 0.25) is 0 Å². The van der Waals surface area contributed by atoms with Crippen molar-refractivity contribution in [3.63, 3.8) is 0 Å². The van der Waals surface area contributed by atoms with E-state index in [1.54, 1.807) is 5.06 Å². The van der Waals surface area contributed by atoms with Gasteiger partial charge in [0.25, 0.3) is 5.91 Å². The normalized spacial score (nSPS) is 22.9. The van der Waals surface area contributed by atoms with Crippen molar-refractivity contribution < 1.29 is 14.4 Å². The Morgan fingerprint density at radius 3 is 2.35 bits per heavy atom. The average molecular weight is 477 g/mol. The molecule has 0 bridgehead atoms. The van der Waals surface area contributed by atoms with Gasteiger partial charge in [0.05, 0.1) is 17.4 Å². The summed E-state index contributed by atoms with van der Waals surface area (Å²) >= 11 is 3.53. The van der Waals surface area contributed by atoms with Gasteiger partial charge in [-0.15, -0.1) is 0 Å². The number of hydrogen-bond donors (Lipinski definition) is 0. The quantitative estimate of drug-likeness (QED) is 0.492.